The van der Waals surface area contributed by atoms with Crippen molar-refractivity contribution < 1.29 is 19.1 Å². The highest BCUT2D eigenvalue weighted by Crippen LogP contribution is 2.13. The molecule has 0 saturated carbocycles. The predicted molar refractivity (Wildman–Crippen MR) is 57.7 cm³/mol. The Hall–Kier alpha value is -1.36. The van der Waals surface area contributed by atoms with Crippen LogP contribution < -0.4 is 5.32 Å². The zero-order valence-corrected chi connectivity index (χ0v) is 9.56. The van der Waals surface area contributed by atoms with Crippen LogP contribution in [0, 0.1) is 5.92 Å². The zero-order chi connectivity index (χ0) is 12.0. The lowest BCUT2D eigenvalue weighted by Crippen LogP contribution is -2.37. The van der Waals surface area contributed by atoms with E-state index in [1.165, 1.54) is 14.2 Å². The van der Waals surface area contributed by atoms with Gasteiger partial charge in [0.1, 0.15) is 0 Å². The van der Waals surface area contributed by atoms with Crippen LogP contribution in [0.15, 0.2) is 12.2 Å². The van der Waals surface area contributed by atoms with Gasteiger partial charge in [0.05, 0.1) is 14.2 Å². The molecule has 1 atom stereocenters. The van der Waals surface area contributed by atoms with Crippen LogP contribution >= 0.6 is 0 Å². The molecule has 5 nitrogen and oxygen atoms in total. The summed E-state index contributed by atoms with van der Waals surface area (Å²) >= 11 is 0. The van der Waals surface area contributed by atoms with Gasteiger partial charge in [0.2, 0.25) is 0 Å². The van der Waals surface area contributed by atoms with Gasteiger partial charge in [-0.2, -0.15) is 0 Å². The lowest BCUT2D eigenvalue weighted by Gasteiger charge is -2.21. The number of rotatable bonds is 4. The molecule has 90 valence electrons. The Kier molecular flexibility index (Phi) is 4.98. The van der Waals surface area contributed by atoms with E-state index in [1.54, 1.807) is 0 Å². The molecule has 16 heavy (non-hydrogen) atoms. The molecule has 0 saturated heterocycles. The summed E-state index contributed by atoms with van der Waals surface area (Å²) in [5.41, 5.74) is 0. The Morgan fingerprint density at radius 1 is 1.38 bits per heavy atom. The van der Waals surface area contributed by atoms with Gasteiger partial charge in [-0.25, -0.2) is 0 Å². The van der Waals surface area contributed by atoms with Crippen LogP contribution in [0.3, 0.4) is 0 Å². The molecule has 0 aromatic rings. The van der Waals surface area contributed by atoms with Gasteiger partial charge in [-0.05, 0) is 19.4 Å². The number of hydrogen-bond acceptors (Lipinski definition) is 5. The summed E-state index contributed by atoms with van der Waals surface area (Å²) in [4.78, 5) is 22.8. The highest BCUT2D eigenvalue weighted by Gasteiger charge is 2.30. The van der Waals surface area contributed by atoms with Crippen LogP contribution in [-0.4, -0.2) is 38.7 Å². The van der Waals surface area contributed by atoms with Gasteiger partial charge in [-0.3, -0.25) is 9.59 Å². The minimum atomic E-state index is -0.852. The van der Waals surface area contributed by atoms with Crippen molar-refractivity contribution >= 4 is 11.9 Å². The first-order chi connectivity index (χ1) is 7.69. The second-order valence-corrected chi connectivity index (χ2v) is 3.61. The Morgan fingerprint density at radius 3 is 2.44 bits per heavy atom. The van der Waals surface area contributed by atoms with Crippen molar-refractivity contribution in [3.05, 3.63) is 12.2 Å². The van der Waals surface area contributed by atoms with Crippen molar-refractivity contribution in [2.75, 3.05) is 20.8 Å². The lowest BCUT2D eigenvalue weighted by molar-refractivity contribution is -0.159. The molecule has 0 fully saturated rings. The van der Waals surface area contributed by atoms with E-state index in [2.05, 4.69) is 14.8 Å². The summed E-state index contributed by atoms with van der Waals surface area (Å²) in [7, 11) is 2.53. The third-order valence-corrected chi connectivity index (χ3v) is 2.55. The van der Waals surface area contributed by atoms with E-state index in [-0.39, 0.29) is 6.04 Å². The van der Waals surface area contributed by atoms with Crippen LogP contribution in [-0.2, 0) is 19.1 Å². The van der Waals surface area contributed by atoms with Gasteiger partial charge in [0, 0.05) is 6.04 Å². The molecule has 1 aliphatic rings. The van der Waals surface area contributed by atoms with Gasteiger partial charge in [-0.15, -0.1) is 0 Å². The lowest BCUT2D eigenvalue weighted by atomic mass is 9.98. The zero-order valence-electron chi connectivity index (χ0n) is 9.56. The second kappa shape index (κ2) is 6.27. The topological polar surface area (TPSA) is 64.6 Å². The van der Waals surface area contributed by atoms with E-state index in [9.17, 15) is 9.59 Å². The fourth-order valence-corrected chi connectivity index (χ4v) is 1.67. The molecule has 1 unspecified atom stereocenters. The number of hydrogen-bond donors (Lipinski definition) is 1. The summed E-state index contributed by atoms with van der Waals surface area (Å²) in [6, 6.07) is 0.0250. The molecule has 1 heterocycles. The molecule has 0 radical (unpaired) electrons. The maximum absolute atomic E-state index is 11.4. The Morgan fingerprint density at radius 2 is 2.00 bits per heavy atom. The number of carbonyl (C=O) groups is 2. The fourth-order valence-electron chi connectivity index (χ4n) is 1.67. The van der Waals surface area contributed by atoms with Crippen molar-refractivity contribution in [2.24, 2.45) is 5.92 Å². The van der Waals surface area contributed by atoms with E-state index < -0.39 is 17.9 Å². The van der Waals surface area contributed by atoms with Gasteiger partial charge in [-0.1, -0.05) is 12.2 Å². The minimum absolute atomic E-state index is 0.0250. The average molecular weight is 227 g/mol. The van der Waals surface area contributed by atoms with E-state index in [1.807, 2.05) is 12.2 Å². The summed E-state index contributed by atoms with van der Waals surface area (Å²) < 4.78 is 9.17. The van der Waals surface area contributed by atoms with Crippen molar-refractivity contribution in [3.63, 3.8) is 0 Å². The van der Waals surface area contributed by atoms with Crippen LogP contribution in [0.2, 0.25) is 0 Å². The van der Waals surface area contributed by atoms with E-state index in [4.69, 9.17) is 0 Å². The summed E-state index contributed by atoms with van der Waals surface area (Å²) in [6.07, 6.45) is 5.34. The Balaban J connectivity index is 2.62. The van der Waals surface area contributed by atoms with Crippen LogP contribution in [0.5, 0.6) is 0 Å². The quantitative estimate of drug-likeness (QED) is 0.424. The third kappa shape index (κ3) is 3.34. The number of ether oxygens (including phenoxy) is 2. The molecule has 1 N–H and O–H groups in total. The van der Waals surface area contributed by atoms with E-state index in [0.717, 1.165) is 13.0 Å². The molecule has 0 aliphatic carbocycles. The second-order valence-electron chi connectivity index (χ2n) is 3.61. The molecule has 0 aromatic carbocycles. The van der Waals surface area contributed by atoms with Gasteiger partial charge in [0.15, 0.2) is 5.92 Å². The van der Waals surface area contributed by atoms with Crippen LogP contribution in [0.1, 0.15) is 12.8 Å². The molecule has 0 aromatic heterocycles. The molecular weight excluding hydrogens is 210 g/mol. The molecule has 0 amide bonds. The van der Waals surface area contributed by atoms with Crippen LogP contribution in [0.25, 0.3) is 0 Å². The number of carbonyl (C=O) groups excluding carboxylic acids is 2. The van der Waals surface area contributed by atoms with Gasteiger partial charge >= 0.3 is 11.9 Å². The summed E-state index contributed by atoms with van der Waals surface area (Å²) in [5, 5.41) is 3.21. The molecule has 0 bridgehead atoms. The SMILES string of the molecule is COC(=O)C(CC1C=CCCN1)C(=O)OC. The van der Waals surface area contributed by atoms with Crippen molar-refractivity contribution in [1.29, 1.82) is 0 Å². The molecule has 1 aliphatic heterocycles. The predicted octanol–water partition coefficient (Wildman–Crippen LogP) is 0.257. The van der Waals surface area contributed by atoms with Crippen molar-refractivity contribution in [1.82, 2.24) is 5.32 Å². The van der Waals surface area contributed by atoms with Crippen LogP contribution in [0.4, 0.5) is 0 Å². The first kappa shape index (κ1) is 12.7. The van der Waals surface area contributed by atoms with Gasteiger partial charge < -0.3 is 14.8 Å². The molecule has 1 rings (SSSR count). The molecule has 5 heteroatoms. The summed E-state index contributed by atoms with van der Waals surface area (Å²) in [6.45, 7) is 0.857. The first-order valence-electron chi connectivity index (χ1n) is 5.24. The van der Waals surface area contributed by atoms with Gasteiger partial charge in [0.25, 0.3) is 0 Å². The normalized spacial score (nSPS) is 19.6. The molecular formula is C11H17NO4. The maximum atomic E-state index is 11.4. The highest BCUT2D eigenvalue weighted by molar-refractivity contribution is 5.94. The standard InChI is InChI=1S/C11H17NO4/c1-15-10(13)9(11(14)16-2)7-8-5-3-4-6-12-8/h3,5,8-9,12H,4,6-7H2,1-2H3. The number of methoxy groups -OCH3 is 2. The number of nitrogens with one attached hydrogen (secondary N) is 1. The Labute approximate surface area is 94.8 Å². The van der Waals surface area contributed by atoms with Crippen molar-refractivity contribution in [2.45, 2.75) is 18.9 Å². The smallest absolute Gasteiger partial charge is 0.320 e. The van der Waals surface area contributed by atoms with E-state index in [0.29, 0.717) is 6.42 Å². The fraction of sp³-hybridized carbons (Fsp3) is 0.636. The summed E-state index contributed by atoms with van der Waals surface area (Å²) in [5.74, 6) is -1.95. The Bertz CT molecular complexity index is 272. The molecule has 0 spiro atoms. The largest absolute Gasteiger partial charge is 0.468 e. The minimum Gasteiger partial charge on any atom is -0.468 e. The number of esters is 2. The first-order valence-corrected chi connectivity index (χ1v) is 5.24. The third-order valence-electron chi connectivity index (χ3n) is 2.55. The highest BCUT2D eigenvalue weighted by atomic mass is 16.5. The maximum Gasteiger partial charge on any atom is 0.320 e. The van der Waals surface area contributed by atoms with E-state index >= 15 is 0 Å². The monoisotopic (exact) mass is 227 g/mol. The van der Waals surface area contributed by atoms with Crippen molar-refractivity contribution in [3.8, 4) is 0 Å². The average Bonchev–Trinajstić information content (AvgIpc) is 2.35.